The zero-order valence-electron chi connectivity index (χ0n) is 13.3. The molecular weight excluding hydrogens is 336 g/mol. The van der Waals surface area contributed by atoms with Gasteiger partial charge in [-0.3, -0.25) is 10.1 Å². The average Bonchev–Trinajstić information content (AvgIpc) is 3.02. The zero-order chi connectivity index (χ0) is 17.8. The molecule has 1 aromatic heterocycles. The van der Waals surface area contributed by atoms with Crippen LogP contribution < -0.4 is 5.73 Å². The van der Waals surface area contributed by atoms with Gasteiger partial charge in [0.1, 0.15) is 10.8 Å². The van der Waals surface area contributed by atoms with Crippen LogP contribution in [0.4, 0.5) is 5.69 Å². The summed E-state index contributed by atoms with van der Waals surface area (Å²) in [6, 6.07) is 14.3. The van der Waals surface area contributed by atoms with Gasteiger partial charge in [-0.15, -0.1) is 0 Å². The molecule has 0 fully saturated rings. The molecular formula is C18H16N4O2S. The van der Waals surface area contributed by atoms with E-state index in [9.17, 15) is 10.1 Å². The van der Waals surface area contributed by atoms with Gasteiger partial charge in [-0.25, -0.2) is 4.98 Å². The molecule has 25 heavy (non-hydrogen) atoms. The van der Waals surface area contributed by atoms with Crippen LogP contribution in [0.2, 0.25) is 0 Å². The molecule has 126 valence electrons. The van der Waals surface area contributed by atoms with Crippen molar-refractivity contribution in [3.05, 3.63) is 93.6 Å². The predicted molar refractivity (Wildman–Crippen MR) is 99.6 cm³/mol. The maximum absolute atomic E-state index is 10.7. The minimum atomic E-state index is -0.405. The molecule has 0 unspecified atom stereocenters. The van der Waals surface area contributed by atoms with Crippen LogP contribution in [0.1, 0.15) is 22.5 Å². The summed E-state index contributed by atoms with van der Waals surface area (Å²) in [5.74, 6) is 0.867. The van der Waals surface area contributed by atoms with Crippen LogP contribution in [-0.2, 0) is 13.0 Å². The standard InChI is InChI=1S/C18H16N4O2S/c19-18(25)16-4-2-1-3-14(16)12-21-10-9-20-17(21)11-13-5-7-15(8-6-13)22(23)24/h1-10H,11-12H2,(H2,19,25). The number of nitrogens with zero attached hydrogens (tertiary/aromatic N) is 3. The van der Waals surface area contributed by atoms with Crippen molar-refractivity contribution in [2.45, 2.75) is 13.0 Å². The molecule has 7 heteroatoms. The number of thiocarbonyl (C=S) groups is 1. The summed E-state index contributed by atoms with van der Waals surface area (Å²) < 4.78 is 2.03. The van der Waals surface area contributed by atoms with E-state index in [0.29, 0.717) is 18.0 Å². The largest absolute Gasteiger partial charge is 0.389 e. The lowest BCUT2D eigenvalue weighted by Gasteiger charge is -2.11. The Morgan fingerprint density at radius 1 is 1.20 bits per heavy atom. The monoisotopic (exact) mass is 352 g/mol. The van der Waals surface area contributed by atoms with Crippen molar-refractivity contribution in [2.75, 3.05) is 0 Å². The number of nitro benzene ring substituents is 1. The maximum Gasteiger partial charge on any atom is 0.269 e. The van der Waals surface area contributed by atoms with Gasteiger partial charge in [-0.1, -0.05) is 48.6 Å². The molecule has 0 spiro atoms. The van der Waals surface area contributed by atoms with Gasteiger partial charge < -0.3 is 10.3 Å². The van der Waals surface area contributed by atoms with E-state index in [4.69, 9.17) is 18.0 Å². The van der Waals surface area contributed by atoms with Crippen LogP contribution in [0.5, 0.6) is 0 Å². The minimum Gasteiger partial charge on any atom is -0.389 e. The van der Waals surface area contributed by atoms with Crippen molar-refractivity contribution in [1.29, 1.82) is 0 Å². The van der Waals surface area contributed by atoms with Crippen LogP contribution in [-0.4, -0.2) is 19.5 Å². The molecule has 0 atom stereocenters. The van der Waals surface area contributed by atoms with Crippen molar-refractivity contribution in [1.82, 2.24) is 9.55 Å². The number of hydrogen-bond acceptors (Lipinski definition) is 4. The summed E-state index contributed by atoms with van der Waals surface area (Å²) in [6.07, 6.45) is 4.22. The van der Waals surface area contributed by atoms with Crippen LogP contribution in [0.15, 0.2) is 60.9 Å². The number of hydrogen-bond donors (Lipinski definition) is 1. The Morgan fingerprint density at radius 3 is 2.60 bits per heavy atom. The summed E-state index contributed by atoms with van der Waals surface area (Å²) in [6.45, 7) is 0.607. The number of aromatic nitrogens is 2. The first kappa shape index (κ1) is 16.8. The number of imidazole rings is 1. The normalized spacial score (nSPS) is 10.6. The number of nitro groups is 1. The Morgan fingerprint density at radius 2 is 1.92 bits per heavy atom. The molecule has 0 radical (unpaired) electrons. The van der Waals surface area contributed by atoms with E-state index >= 15 is 0 Å². The molecule has 3 rings (SSSR count). The molecule has 0 saturated heterocycles. The first-order chi connectivity index (χ1) is 12.0. The van der Waals surface area contributed by atoms with E-state index in [2.05, 4.69) is 4.98 Å². The van der Waals surface area contributed by atoms with E-state index in [1.807, 2.05) is 35.0 Å². The molecule has 0 aliphatic rings. The van der Waals surface area contributed by atoms with E-state index in [-0.39, 0.29) is 5.69 Å². The number of non-ortho nitro benzene ring substituents is 1. The van der Waals surface area contributed by atoms with Gasteiger partial charge in [0, 0.05) is 43.1 Å². The Balaban J connectivity index is 1.81. The fraction of sp³-hybridized carbons (Fsp3) is 0.111. The Hall–Kier alpha value is -3.06. The average molecular weight is 352 g/mol. The lowest BCUT2D eigenvalue weighted by Crippen LogP contribution is -2.14. The number of rotatable bonds is 6. The van der Waals surface area contributed by atoms with Crippen molar-refractivity contribution in [3.63, 3.8) is 0 Å². The third-order valence-electron chi connectivity index (χ3n) is 3.93. The molecule has 0 aliphatic heterocycles. The summed E-state index contributed by atoms with van der Waals surface area (Å²) in [5.41, 5.74) is 8.72. The number of benzene rings is 2. The van der Waals surface area contributed by atoms with Crippen molar-refractivity contribution in [3.8, 4) is 0 Å². The highest BCUT2D eigenvalue weighted by molar-refractivity contribution is 7.80. The first-order valence-corrected chi connectivity index (χ1v) is 8.06. The zero-order valence-corrected chi connectivity index (χ0v) is 14.1. The molecule has 0 saturated carbocycles. The summed E-state index contributed by atoms with van der Waals surface area (Å²) in [7, 11) is 0. The number of nitrogens with two attached hydrogens (primary N) is 1. The Labute approximate surface area is 150 Å². The maximum atomic E-state index is 10.7. The van der Waals surface area contributed by atoms with Gasteiger partial charge in [-0.05, 0) is 11.1 Å². The Bertz CT molecular complexity index is 919. The van der Waals surface area contributed by atoms with Gasteiger partial charge in [-0.2, -0.15) is 0 Å². The van der Waals surface area contributed by atoms with Gasteiger partial charge >= 0.3 is 0 Å². The first-order valence-electron chi connectivity index (χ1n) is 7.65. The van der Waals surface area contributed by atoms with Crippen LogP contribution >= 0.6 is 12.2 Å². The summed E-state index contributed by atoms with van der Waals surface area (Å²) in [5, 5.41) is 10.7. The fourth-order valence-electron chi connectivity index (χ4n) is 2.65. The predicted octanol–water partition coefficient (Wildman–Crippen LogP) is 3.06. The lowest BCUT2D eigenvalue weighted by atomic mass is 10.1. The van der Waals surface area contributed by atoms with Crippen LogP contribution in [0.25, 0.3) is 0 Å². The second kappa shape index (κ2) is 7.23. The third-order valence-corrected chi connectivity index (χ3v) is 4.15. The van der Waals surface area contributed by atoms with Gasteiger partial charge in [0.15, 0.2) is 0 Å². The lowest BCUT2D eigenvalue weighted by molar-refractivity contribution is -0.384. The molecule has 2 N–H and O–H groups in total. The minimum absolute atomic E-state index is 0.0810. The van der Waals surface area contributed by atoms with Crippen molar-refractivity contribution < 1.29 is 4.92 Å². The highest BCUT2D eigenvalue weighted by Crippen LogP contribution is 2.16. The van der Waals surface area contributed by atoms with Crippen LogP contribution in [0.3, 0.4) is 0 Å². The molecule has 6 nitrogen and oxygen atoms in total. The summed E-state index contributed by atoms with van der Waals surface area (Å²) in [4.78, 5) is 15.1. The highest BCUT2D eigenvalue weighted by Gasteiger charge is 2.10. The van der Waals surface area contributed by atoms with E-state index in [1.165, 1.54) is 12.1 Å². The van der Waals surface area contributed by atoms with E-state index in [1.54, 1.807) is 18.3 Å². The highest BCUT2D eigenvalue weighted by atomic mass is 32.1. The quantitative estimate of drug-likeness (QED) is 0.418. The van der Waals surface area contributed by atoms with Crippen molar-refractivity contribution in [2.24, 2.45) is 5.73 Å². The van der Waals surface area contributed by atoms with Crippen LogP contribution in [0, 0.1) is 10.1 Å². The van der Waals surface area contributed by atoms with E-state index in [0.717, 1.165) is 22.5 Å². The van der Waals surface area contributed by atoms with Gasteiger partial charge in [0.2, 0.25) is 0 Å². The molecule has 0 aliphatic carbocycles. The molecule has 1 heterocycles. The third kappa shape index (κ3) is 3.89. The van der Waals surface area contributed by atoms with Crippen molar-refractivity contribution >= 4 is 22.9 Å². The molecule has 3 aromatic rings. The fourth-order valence-corrected chi connectivity index (χ4v) is 2.85. The van der Waals surface area contributed by atoms with E-state index < -0.39 is 4.92 Å². The molecule has 0 bridgehead atoms. The SMILES string of the molecule is NC(=S)c1ccccc1Cn1ccnc1Cc1ccc([N+](=O)[O-])cc1. The van der Waals surface area contributed by atoms with Gasteiger partial charge in [0.25, 0.3) is 5.69 Å². The summed E-state index contributed by atoms with van der Waals surface area (Å²) >= 11 is 5.11. The topological polar surface area (TPSA) is 87.0 Å². The smallest absolute Gasteiger partial charge is 0.269 e. The van der Waals surface area contributed by atoms with Gasteiger partial charge in [0.05, 0.1) is 4.92 Å². The Kier molecular flexibility index (Phi) is 4.85. The second-order valence-electron chi connectivity index (χ2n) is 5.59. The molecule has 0 amide bonds. The molecule has 2 aromatic carbocycles. The second-order valence-corrected chi connectivity index (χ2v) is 6.03.